The van der Waals surface area contributed by atoms with Crippen molar-refractivity contribution in [1.29, 1.82) is 0 Å². The van der Waals surface area contributed by atoms with Crippen LogP contribution in [0.3, 0.4) is 0 Å². The lowest BCUT2D eigenvalue weighted by molar-refractivity contribution is -0.310. The molecule has 106 valence electrons. The van der Waals surface area contributed by atoms with Crippen LogP contribution in [0.5, 0.6) is 0 Å². The molecule has 1 atom stereocenters. The fourth-order valence-electron chi connectivity index (χ4n) is 1.88. The number of hydrogen-bond donors (Lipinski definition) is 0. The van der Waals surface area contributed by atoms with Gasteiger partial charge in [-0.2, -0.15) is 0 Å². The van der Waals surface area contributed by atoms with Crippen molar-refractivity contribution in [3.8, 4) is 0 Å². The van der Waals surface area contributed by atoms with Crippen LogP contribution in [0.1, 0.15) is 24.6 Å². The molecule has 0 aliphatic carbocycles. The van der Waals surface area contributed by atoms with Gasteiger partial charge in [-0.15, -0.1) is 11.3 Å². The van der Waals surface area contributed by atoms with Crippen LogP contribution in [-0.2, 0) is 9.59 Å². The van der Waals surface area contributed by atoms with Gasteiger partial charge in [-0.25, -0.2) is 0 Å². The Morgan fingerprint density at radius 1 is 1.60 bits per heavy atom. The first-order valence-corrected chi connectivity index (χ1v) is 8.16. The predicted octanol–water partition coefficient (Wildman–Crippen LogP) is 1.87. The number of rotatable bonds is 5. The molecule has 0 radical (unpaired) electrons. The number of nitrogens with zero attached hydrogens (tertiary/aromatic N) is 1. The van der Waals surface area contributed by atoms with Crippen molar-refractivity contribution >= 4 is 57.6 Å². The van der Waals surface area contributed by atoms with E-state index in [4.69, 9.17) is 12.2 Å². The number of thioether (sulfide) groups is 1. The van der Waals surface area contributed by atoms with Gasteiger partial charge in [0.1, 0.15) is 4.32 Å². The quantitative estimate of drug-likeness (QED) is 0.611. The summed E-state index contributed by atoms with van der Waals surface area (Å²) in [4.78, 5) is 26.1. The first-order chi connectivity index (χ1) is 9.54. The van der Waals surface area contributed by atoms with Crippen molar-refractivity contribution in [1.82, 2.24) is 4.90 Å². The average molecular weight is 326 g/mol. The van der Waals surface area contributed by atoms with Gasteiger partial charge < -0.3 is 9.90 Å². The lowest BCUT2D eigenvalue weighted by Crippen LogP contribution is -2.49. The Morgan fingerprint density at radius 3 is 2.90 bits per heavy atom. The van der Waals surface area contributed by atoms with Crippen LogP contribution < -0.4 is 5.11 Å². The summed E-state index contributed by atoms with van der Waals surface area (Å²) in [5.74, 6) is -1.61. The Balaban J connectivity index is 2.26. The number of thiocarbonyl (C=S) groups is 1. The predicted molar refractivity (Wildman–Crippen MR) is 83.0 cm³/mol. The number of carboxylic acids is 1. The van der Waals surface area contributed by atoms with Crippen molar-refractivity contribution in [2.24, 2.45) is 0 Å². The summed E-state index contributed by atoms with van der Waals surface area (Å²) in [5.41, 5.74) is 0. The molecular weight excluding hydrogens is 314 g/mol. The van der Waals surface area contributed by atoms with Gasteiger partial charge in [0.2, 0.25) is 0 Å². The number of carbonyl (C=O) groups is 2. The zero-order chi connectivity index (χ0) is 14.7. The summed E-state index contributed by atoms with van der Waals surface area (Å²) in [5, 5.41) is 13.1. The van der Waals surface area contributed by atoms with Crippen molar-refractivity contribution in [2.75, 3.05) is 0 Å². The molecule has 2 heterocycles. The summed E-state index contributed by atoms with van der Waals surface area (Å²) in [6, 6.07) is 2.79. The van der Waals surface area contributed by atoms with E-state index in [2.05, 4.69) is 0 Å². The number of carboxylic acid groups (broad SMARTS) is 1. The van der Waals surface area contributed by atoms with E-state index in [1.807, 2.05) is 24.4 Å². The largest absolute Gasteiger partial charge is 0.548 e. The van der Waals surface area contributed by atoms with Gasteiger partial charge in [-0.05, 0) is 23.9 Å². The molecule has 1 saturated heterocycles. The van der Waals surface area contributed by atoms with E-state index in [-0.39, 0.29) is 10.2 Å². The summed E-state index contributed by atoms with van der Waals surface area (Å²) in [7, 11) is 0. The zero-order valence-electron chi connectivity index (χ0n) is 10.7. The van der Waals surface area contributed by atoms with Gasteiger partial charge >= 0.3 is 0 Å². The fourth-order valence-corrected chi connectivity index (χ4v) is 3.96. The Hall–Kier alpha value is -1.18. The number of carbonyl (C=O) groups excluding carboxylic acids is 2. The third-order valence-corrected chi connectivity index (χ3v) is 4.94. The summed E-state index contributed by atoms with van der Waals surface area (Å²) >= 11 is 7.78. The third-order valence-electron chi connectivity index (χ3n) is 2.79. The minimum Gasteiger partial charge on any atom is -0.548 e. The van der Waals surface area contributed by atoms with Crippen LogP contribution in [0.25, 0.3) is 6.08 Å². The van der Waals surface area contributed by atoms with Crippen molar-refractivity contribution in [3.63, 3.8) is 0 Å². The minimum atomic E-state index is -1.26. The smallest absolute Gasteiger partial charge is 0.266 e. The Bertz CT molecular complexity index is 565. The monoisotopic (exact) mass is 326 g/mol. The molecule has 1 aliphatic rings. The molecule has 0 spiro atoms. The second-order valence-electron chi connectivity index (χ2n) is 4.19. The van der Waals surface area contributed by atoms with Gasteiger partial charge in [0, 0.05) is 4.88 Å². The molecule has 1 aromatic heterocycles. The van der Waals surface area contributed by atoms with Gasteiger partial charge in [-0.1, -0.05) is 43.4 Å². The normalized spacial score (nSPS) is 18.9. The lowest BCUT2D eigenvalue weighted by atomic mass is 10.1. The molecule has 1 fully saturated rings. The summed E-state index contributed by atoms with van der Waals surface area (Å²) in [6.45, 7) is 1.86. The van der Waals surface area contributed by atoms with Crippen LogP contribution >= 0.6 is 35.3 Å². The van der Waals surface area contributed by atoms with E-state index >= 15 is 0 Å². The maximum atomic E-state index is 12.3. The van der Waals surface area contributed by atoms with E-state index < -0.39 is 12.0 Å². The molecule has 0 unspecified atom stereocenters. The number of aliphatic carboxylic acids is 1. The first kappa shape index (κ1) is 15.2. The van der Waals surface area contributed by atoms with E-state index in [0.29, 0.717) is 17.7 Å². The molecule has 4 nitrogen and oxygen atoms in total. The highest BCUT2D eigenvalue weighted by molar-refractivity contribution is 8.26. The van der Waals surface area contributed by atoms with Crippen LogP contribution in [0.4, 0.5) is 0 Å². The molecule has 7 heteroatoms. The summed E-state index contributed by atoms with van der Waals surface area (Å²) < 4.78 is 0.278. The SMILES string of the molecule is CCC[C@H](C(=O)[O-])N1C(=O)C(=Cc2cccs2)SC1=S. The molecule has 0 aromatic carbocycles. The van der Waals surface area contributed by atoms with Crippen LogP contribution in [0, 0.1) is 0 Å². The number of thiophene rings is 1. The van der Waals surface area contributed by atoms with Crippen molar-refractivity contribution < 1.29 is 14.7 Å². The van der Waals surface area contributed by atoms with Crippen LogP contribution in [0.15, 0.2) is 22.4 Å². The summed E-state index contributed by atoms with van der Waals surface area (Å²) in [6.07, 6.45) is 2.71. The minimum absolute atomic E-state index is 0.278. The Morgan fingerprint density at radius 2 is 2.35 bits per heavy atom. The molecule has 2 rings (SSSR count). The Labute approximate surface area is 130 Å². The van der Waals surface area contributed by atoms with Gasteiger partial charge in [0.15, 0.2) is 0 Å². The topological polar surface area (TPSA) is 60.4 Å². The van der Waals surface area contributed by atoms with Crippen molar-refractivity contribution in [3.05, 3.63) is 27.3 Å². The molecule has 0 bridgehead atoms. The molecular formula is C13H12NO3S3-. The standard InChI is InChI=1S/C13H13NO3S3/c1-2-4-9(12(16)17)14-11(15)10(20-13(14)18)7-8-5-3-6-19-8/h3,5-7,9H,2,4H2,1H3,(H,16,17)/p-1/t9-/m1/s1. The molecule has 1 aromatic rings. The van der Waals surface area contributed by atoms with Crippen LogP contribution in [0.2, 0.25) is 0 Å². The molecule has 1 aliphatic heterocycles. The maximum Gasteiger partial charge on any atom is 0.266 e. The Kier molecular flexibility index (Phi) is 4.95. The van der Waals surface area contributed by atoms with Gasteiger partial charge in [0.05, 0.1) is 16.9 Å². The van der Waals surface area contributed by atoms with E-state index in [1.54, 1.807) is 6.08 Å². The maximum absolute atomic E-state index is 12.3. The zero-order valence-corrected chi connectivity index (χ0v) is 13.1. The second kappa shape index (κ2) is 6.51. The molecule has 1 amide bonds. The number of amides is 1. The van der Waals surface area contributed by atoms with Crippen molar-refractivity contribution in [2.45, 2.75) is 25.8 Å². The molecule has 0 N–H and O–H groups in total. The average Bonchev–Trinajstić information content (AvgIpc) is 2.98. The lowest BCUT2D eigenvalue weighted by Gasteiger charge is -2.27. The van der Waals surface area contributed by atoms with Gasteiger partial charge in [0.25, 0.3) is 5.91 Å². The van der Waals surface area contributed by atoms with E-state index in [1.165, 1.54) is 11.3 Å². The third kappa shape index (κ3) is 3.11. The molecule has 20 heavy (non-hydrogen) atoms. The fraction of sp³-hybridized carbons (Fsp3) is 0.308. The number of hydrogen-bond acceptors (Lipinski definition) is 6. The van der Waals surface area contributed by atoms with E-state index in [0.717, 1.165) is 21.5 Å². The second-order valence-corrected chi connectivity index (χ2v) is 6.85. The first-order valence-electron chi connectivity index (χ1n) is 6.06. The molecule has 0 saturated carbocycles. The van der Waals surface area contributed by atoms with Crippen LogP contribution in [-0.4, -0.2) is 27.1 Å². The highest BCUT2D eigenvalue weighted by Gasteiger charge is 2.37. The van der Waals surface area contributed by atoms with Gasteiger partial charge in [-0.3, -0.25) is 9.69 Å². The highest BCUT2D eigenvalue weighted by Crippen LogP contribution is 2.35. The highest BCUT2D eigenvalue weighted by atomic mass is 32.2. The van der Waals surface area contributed by atoms with E-state index in [9.17, 15) is 14.7 Å².